The summed E-state index contributed by atoms with van der Waals surface area (Å²) in [5, 5.41) is 2.69. The number of rotatable bonds is 1. The SMILES string of the molecule is COC1=CNC(=C=O)C=C1. The molecule has 1 N–H and O–H groups in total. The third kappa shape index (κ3) is 1.27. The average Bonchev–Trinajstić information content (AvgIpc) is 2.05. The van der Waals surface area contributed by atoms with Crippen LogP contribution in [0.25, 0.3) is 0 Å². The Labute approximate surface area is 58.7 Å². The van der Waals surface area contributed by atoms with Crippen LogP contribution < -0.4 is 5.32 Å². The van der Waals surface area contributed by atoms with Crippen LogP contribution in [-0.2, 0) is 9.53 Å². The van der Waals surface area contributed by atoms with Gasteiger partial charge in [0.15, 0.2) is 5.94 Å². The topological polar surface area (TPSA) is 38.3 Å². The lowest BCUT2D eigenvalue weighted by atomic mass is 10.3. The first-order valence-corrected chi connectivity index (χ1v) is 2.80. The summed E-state index contributed by atoms with van der Waals surface area (Å²) in [5.41, 5.74) is 0.417. The number of dihydropyridines is 1. The number of methoxy groups -OCH3 is 1. The van der Waals surface area contributed by atoms with E-state index in [-0.39, 0.29) is 0 Å². The summed E-state index contributed by atoms with van der Waals surface area (Å²) in [6.07, 6.45) is 4.89. The van der Waals surface area contributed by atoms with Crippen molar-refractivity contribution in [3.8, 4) is 0 Å². The highest BCUT2D eigenvalue weighted by molar-refractivity contribution is 5.58. The maximum absolute atomic E-state index is 10.0. The van der Waals surface area contributed by atoms with Crippen LogP contribution in [-0.4, -0.2) is 13.1 Å². The van der Waals surface area contributed by atoms with Crippen molar-refractivity contribution in [2.45, 2.75) is 0 Å². The highest BCUT2D eigenvalue weighted by Gasteiger charge is 1.98. The lowest BCUT2D eigenvalue weighted by Crippen LogP contribution is -2.08. The van der Waals surface area contributed by atoms with Gasteiger partial charge in [0, 0.05) is 6.20 Å². The summed E-state index contributed by atoms with van der Waals surface area (Å²) in [6.45, 7) is 0. The van der Waals surface area contributed by atoms with Crippen molar-refractivity contribution in [2.24, 2.45) is 0 Å². The Bertz CT molecular complexity index is 231. The van der Waals surface area contributed by atoms with Crippen LogP contribution in [0.4, 0.5) is 0 Å². The fourth-order valence-corrected chi connectivity index (χ4v) is 0.601. The average molecular weight is 137 g/mol. The van der Waals surface area contributed by atoms with Gasteiger partial charge in [0.05, 0.1) is 7.11 Å². The van der Waals surface area contributed by atoms with E-state index in [9.17, 15) is 4.79 Å². The minimum atomic E-state index is 0.417. The zero-order valence-corrected chi connectivity index (χ0v) is 5.55. The van der Waals surface area contributed by atoms with E-state index in [0.29, 0.717) is 11.5 Å². The monoisotopic (exact) mass is 137 g/mol. The van der Waals surface area contributed by atoms with E-state index in [0.717, 1.165) is 0 Å². The Hall–Kier alpha value is -1.47. The van der Waals surface area contributed by atoms with E-state index in [4.69, 9.17) is 4.74 Å². The Morgan fingerprint density at radius 1 is 1.60 bits per heavy atom. The Morgan fingerprint density at radius 3 is 2.80 bits per heavy atom. The summed E-state index contributed by atoms with van der Waals surface area (Å²) in [6, 6.07) is 0. The Morgan fingerprint density at radius 2 is 2.40 bits per heavy atom. The molecule has 1 aliphatic heterocycles. The van der Waals surface area contributed by atoms with Crippen LogP contribution >= 0.6 is 0 Å². The van der Waals surface area contributed by atoms with Crippen LogP contribution in [0.1, 0.15) is 0 Å². The highest BCUT2D eigenvalue weighted by atomic mass is 16.5. The van der Waals surface area contributed by atoms with Crippen molar-refractivity contribution in [1.82, 2.24) is 5.32 Å². The minimum absolute atomic E-state index is 0.417. The van der Waals surface area contributed by atoms with Gasteiger partial charge in [0.1, 0.15) is 11.5 Å². The van der Waals surface area contributed by atoms with Gasteiger partial charge in [-0.05, 0) is 12.2 Å². The number of hydrogen-bond donors (Lipinski definition) is 1. The van der Waals surface area contributed by atoms with Gasteiger partial charge in [-0.3, -0.25) is 0 Å². The van der Waals surface area contributed by atoms with Crippen LogP contribution in [0.5, 0.6) is 0 Å². The molecule has 0 saturated heterocycles. The first-order chi connectivity index (χ1) is 4.86. The van der Waals surface area contributed by atoms with E-state index in [1.807, 2.05) is 0 Å². The molecule has 0 aliphatic carbocycles. The van der Waals surface area contributed by atoms with Gasteiger partial charge in [-0.25, -0.2) is 4.79 Å². The van der Waals surface area contributed by atoms with Gasteiger partial charge in [0.2, 0.25) is 0 Å². The summed E-state index contributed by atoms with van der Waals surface area (Å²) >= 11 is 0. The lowest BCUT2D eigenvalue weighted by Gasteiger charge is -2.06. The van der Waals surface area contributed by atoms with E-state index >= 15 is 0 Å². The van der Waals surface area contributed by atoms with E-state index < -0.39 is 0 Å². The highest BCUT2D eigenvalue weighted by Crippen LogP contribution is 2.03. The maximum atomic E-state index is 10.0. The summed E-state index contributed by atoms with van der Waals surface area (Å²) in [4.78, 5) is 10.0. The fourth-order valence-electron chi connectivity index (χ4n) is 0.601. The molecule has 0 fully saturated rings. The third-order valence-electron chi connectivity index (χ3n) is 1.13. The van der Waals surface area contributed by atoms with E-state index in [2.05, 4.69) is 5.32 Å². The largest absolute Gasteiger partial charge is 0.495 e. The molecule has 3 nitrogen and oxygen atoms in total. The van der Waals surface area contributed by atoms with Gasteiger partial charge < -0.3 is 10.1 Å². The van der Waals surface area contributed by atoms with Crippen LogP contribution in [0, 0.1) is 0 Å². The van der Waals surface area contributed by atoms with Crippen molar-refractivity contribution in [3.63, 3.8) is 0 Å². The molecule has 0 bridgehead atoms. The lowest BCUT2D eigenvalue weighted by molar-refractivity contribution is 0.303. The molecule has 0 aromatic carbocycles. The fraction of sp³-hybridized carbons (Fsp3) is 0.143. The van der Waals surface area contributed by atoms with Crippen LogP contribution in [0.2, 0.25) is 0 Å². The first-order valence-electron chi connectivity index (χ1n) is 2.80. The molecule has 10 heavy (non-hydrogen) atoms. The second kappa shape index (κ2) is 2.90. The number of ether oxygens (including phenoxy) is 1. The van der Waals surface area contributed by atoms with Crippen molar-refractivity contribution < 1.29 is 9.53 Å². The third-order valence-corrected chi connectivity index (χ3v) is 1.13. The van der Waals surface area contributed by atoms with Gasteiger partial charge in [0.25, 0.3) is 0 Å². The molecule has 0 aromatic rings. The first kappa shape index (κ1) is 6.65. The Kier molecular flexibility index (Phi) is 1.92. The molecule has 0 aromatic heterocycles. The summed E-state index contributed by atoms with van der Waals surface area (Å²) in [5.74, 6) is 2.41. The zero-order chi connectivity index (χ0) is 7.40. The molecule has 0 atom stereocenters. The summed E-state index contributed by atoms with van der Waals surface area (Å²) < 4.78 is 4.85. The smallest absolute Gasteiger partial charge is 0.150 e. The predicted octanol–water partition coefficient (Wildman–Crippen LogP) is 0.349. The quantitative estimate of drug-likeness (QED) is 0.530. The van der Waals surface area contributed by atoms with Crippen molar-refractivity contribution in [1.29, 1.82) is 0 Å². The van der Waals surface area contributed by atoms with Crippen LogP contribution in [0.3, 0.4) is 0 Å². The molecule has 0 radical (unpaired) electrons. The van der Waals surface area contributed by atoms with E-state index in [1.54, 1.807) is 31.4 Å². The molecular weight excluding hydrogens is 130 g/mol. The van der Waals surface area contributed by atoms with Crippen molar-refractivity contribution in [2.75, 3.05) is 7.11 Å². The molecule has 0 amide bonds. The molecule has 0 spiro atoms. The zero-order valence-electron chi connectivity index (χ0n) is 5.55. The summed E-state index contributed by atoms with van der Waals surface area (Å²) in [7, 11) is 1.56. The van der Waals surface area contributed by atoms with Crippen LogP contribution in [0.15, 0.2) is 29.8 Å². The molecule has 1 heterocycles. The van der Waals surface area contributed by atoms with Gasteiger partial charge in [-0.2, -0.15) is 0 Å². The van der Waals surface area contributed by atoms with Crippen molar-refractivity contribution in [3.05, 3.63) is 29.8 Å². The molecular formula is C7H7NO2. The standard InChI is InChI=1S/C7H7NO2/c1-10-7-3-2-6(5-9)8-4-7/h2-4,8H,1H3. The molecule has 3 heteroatoms. The minimum Gasteiger partial charge on any atom is -0.495 e. The van der Waals surface area contributed by atoms with Crippen molar-refractivity contribution >= 4 is 5.94 Å². The maximum Gasteiger partial charge on any atom is 0.150 e. The van der Waals surface area contributed by atoms with E-state index in [1.165, 1.54) is 0 Å². The normalized spacial score (nSPS) is 15.3. The second-order valence-electron chi connectivity index (χ2n) is 1.74. The Balaban J connectivity index is 2.72. The predicted molar refractivity (Wildman–Crippen MR) is 36.6 cm³/mol. The number of allylic oxidation sites excluding steroid dienone is 2. The molecule has 1 aliphatic rings. The van der Waals surface area contributed by atoms with Gasteiger partial charge in [-0.15, -0.1) is 0 Å². The number of carbonyl (C=O) groups excluding carboxylic acids is 1. The second-order valence-corrected chi connectivity index (χ2v) is 1.74. The number of nitrogens with one attached hydrogen (secondary N) is 1. The van der Waals surface area contributed by atoms with Gasteiger partial charge in [-0.1, -0.05) is 0 Å². The molecule has 1 rings (SSSR count). The molecule has 52 valence electrons. The molecule has 0 unspecified atom stereocenters. The molecule has 0 saturated carbocycles. The number of hydrogen-bond acceptors (Lipinski definition) is 3. The van der Waals surface area contributed by atoms with Gasteiger partial charge >= 0.3 is 0 Å².